The van der Waals surface area contributed by atoms with Gasteiger partial charge in [0.2, 0.25) is 11.8 Å². The van der Waals surface area contributed by atoms with Gasteiger partial charge in [-0.25, -0.2) is 8.42 Å². The molecule has 1 aromatic rings. The molecule has 240 valence electrons. The van der Waals surface area contributed by atoms with E-state index in [1.54, 1.807) is 45.0 Å². The predicted octanol–water partition coefficient (Wildman–Crippen LogP) is 4.20. The first-order valence-electron chi connectivity index (χ1n) is 15.6. The Hall–Kier alpha value is -2.12. The molecule has 0 heterocycles. The maximum atomic E-state index is 13.8. The van der Waals surface area contributed by atoms with Crippen molar-refractivity contribution in [3.63, 3.8) is 0 Å². The van der Waals surface area contributed by atoms with Crippen LogP contribution in [0.4, 0.5) is 0 Å². The molecule has 1 aromatic carbocycles. The summed E-state index contributed by atoms with van der Waals surface area (Å²) in [4.78, 5) is 27.5. The van der Waals surface area contributed by atoms with E-state index in [0.29, 0.717) is 23.8 Å². The molecule has 2 aliphatic rings. The Labute approximate surface area is 262 Å². The van der Waals surface area contributed by atoms with Gasteiger partial charge in [-0.15, -0.1) is 12.3 Å². The smallest absolute Gasteiger partial charge is 0.242 e. The summed E-state index contributed by atoms with van der Waals surface area (Å²) >= 11 is 6.17. The SMILES string of the molecule is C#CC[C@H](O)[C@H](O)[C@H](CC1CCCCC1)NC(=O)[C@H](CC1CC1)NC(=O)[C@H](Cc1cccc(Cl)c1)CS(=O)(=O)C(C)(C)C. The third-order valence-electron chi connectivity index (χ3n) is 8.77. The molecule has 0 radical (unpaired) electrons. The highest BCUT2D eigenvalue weighted by Gasteiger charge is 2.38. The minimum Gasteiger partial charge on any atom is -0.389 e. The summed E-state index contributed by atoms with van der Waals surface area (Å²) in [6, 6.07) is 5.31. The summed E-state index contributed by atoms with van der Waals surface area (Å²) in [5.74, 6) is 0.642. The molecule has 2 fully saturated rings. The molecule has 4 N–H and O–H groups in total. The molecule has 2 saturated carbocycles. The first kappa shape index (κ1) is 35.4. The average Bonchev–Trinajstić information content (AvgIpc) is 3.75. The lowest BCUT2D eigenvalue weighted by Crippen LogP contribution is -2.56. The van der Waals surface area contributed by atoms with Crippen molar-refractivity contribution in [2.45, 2.75) is 120 Å². The summed E-state index contributed by atoms with van der Waals surface area (Å²) in [5.41, 5.74) is 0.720. The number of hydrogen-bond acceptors (Lipinski definition) is 6. The molecule has 43 heavy (non-hydrogen) atoms. The van der Waals surface area contributed by atoms with Gasteiger partial charge in [0.05, 0.1) is 28.6 Å². The number of carbonyl (C=O) groups excluding carboxylic acids is 2. The van der Waals surface area contributed by atoms with Crippen LogP contribution >= 0.6 is 11.6 Å². The maximum absolute atomic E-state index is 13.8. The van der Waals surface area contributed by atoms with Crippen molar-refractivity contribution in [1.82, 2.24) is 10.6 Å². The number of aliphatic hydroxyl groups excluding tert-OH is 2. The first-order valence-corrected chi connectivity index (χ1v) is 17.6. The maximum Gasteiger partial charge on any atom is 0.242 e. The Bertz CT molecular complexity index is 1230. The molecule has 0 aliphatic heterocycles. The van der Waals surface area contributed by atoms with Crippen LogP contribution < -0.4 is 10.6 Å². The van der Waals surface area contributed by atoms with Crippen LogP contribution in [0.2, 0.25) is 5.02 Å². The molecular formula is C33H49ClN2O6S. The van der Waals surface area contributed by atoms with Gasteiger partial charge in [0.1, 0.15) is 12.1 Å². The van der Waals surface area contributed by atoms with Crippen LogP contribution in [0.1, 0.15) is 90.5 Å². The second kappa shape index (κ2) is 15.7. The number of amides is 2. The van der Waals surface area contributed by atoms with Crippen LogP contribution in [0.5, 0.6) is 0 Å². The van der Waals surface area contributed by atoms with Crippen molar-refractivity contribution in [2.75, 3.05) is 5.75 Å². The third kappa shape index (κ3) is 11.1. The van der Waals surface area contributed by atoms with Crippen molar-refractivity contribution in [2.24, 2.45) is 17.8 Å². The zero-order chi connectivity index (χ0) is 31.8. The van der Waals surface area contributed by atoms with E-state index in [-0.39, 0.29) is 24.5 Å². The van der Waals surface area contributed by atoms with Crippen molar-refractivity contribution in [1.29, 1.82) is 0 Å². The zero-order valence-electron chi connectivity index (χ0n) is 25.7. The van der Waals surface area contributed by atoms with Gasteiger partial charge in [0.25, 0.3) is 0 Å². The molecule has 0 spiro atoms. The number of carbonyl (C=O) groups is 2. The van der Waals surface area contributed by atoms with Crippen molar-refractivity contribution in [3.8, 4) is 12.3 Å². The number of rotatable bonds is 15. The van der Waals surface area contributed by atoms with E-state index < -0.39 is 56.6 Å². The quantitative estimate of drug-likeness (QED) is 0.213. The minimum absolute atomic E-state index is 0.0477. The number of halogens is 1. The molecule has 5 atom stereocenters. The van der Waals surface area contributed by atoms with Gasteiger partial charge in [-0.2, -0.15) is 0 Å². The van der Waals surface area contributed by atoms with Gasteiger partial charge >= 0.3 is 0 Å². The van der Waals surface area contributed by atoms with Crippen LogP contribution in [0.15, 0.2) is 24.3 Å². The summed E-state index contributed by atoms with van der Waals surface area (Å²) < 4.78 is 25.4. The summed E-state index contributed by atoms with van der Waals surface area (Å²) in [7, 11) is -3.67. The van der Waals surface area contributed by atoms with Gasteiger partial charge in [-0.3, -0.25) is 9.59 Å². The van der Waals surface area contributed by atoms with E-state index in [1.807, 2.05) is 0 Å². The minimum atomic E-state index is -3.67. The molecule has 0 bridgehead atoms. The lowest BCUT2D eigenvalue weighted by atomic mass is 9.82. The Morgan fingerprint density at radius 3 is 2.26 bits per heavy atom. The van der Waals surface area contributed by atoms with Gasteiger partial charge in [-0.05, 0) is 69.6 Å². The second-order valence-electron chi connectivity index (χ2n) is 13.5. The molecule has 8 nitrogen and oxygen atoms in total. The fourth-order valence-electron chi connectivity index (χ4n) is 5.76. The molecule has 2 aliphatic carbocycles. The molecule has 10 heteroatoms. The number of terminal acetylenes is 1. The van der Waals surface area contributed by atoms with Crippen LogP contribution in [0, 0.1) is 30.1 Å². The average molecular weight is 637 g/mol. The number of benzene rings is 1. The van der Waals surface area contributed by atoms with E-state index in [4.69, 9.17) is 18.0 Å². The van der Waals surface area contributed by atoms with Gasteiger partial charge < -0.3 is 20.8 Å². The largest absolute Gasteiger partial charge is 0.389 e. The Kier molecular flexibility index (Phi) is 12.9. The number of aliphatic hydroxyl groups is 2. The van der Waals surface area contributed by atoms with Crippen LogP contribution in [-0.2, 0) is 25.8 Å². The van der Waals surface area contributed by atoms with E-state index in [2.05, 4.69) is 16.6 Å². The van der Waals surface area contributed by atoms with Gasteiger partial charge in [0.15, 0.2) is 9.84 Å². The van der Waals surface area contributed by atoms with E-state index >= 15 is 0 Å². The Balaban J connectivity index is 1.82. The summed E-state index contributed by atoms with van der Waals surface area (Å²) in [6.45, 7) is 4.81. The monoisotopic (exact) mass is 636 g/mol. The fraction of sp³-hybridized carbons (Fsp3) is 0.697. The van der Waals surface area contributed by atoms with Gasteiger partial charge in [0, 0.05) is 11.4 Å². The van der Waals surface area contributed by atoms with Crippen LogP contribution in [-0.4, -0.2) is 65.2 Å². The number of sulfone groups is 1. The molecule has 0 unspecified atom stereocenters. The van der Waals surface area contributed by atoms with Crippen LogP contribution in [0.25, 0.3) is 0 Å². The predicted molar refractivity (Wildman–Crippen MR) is 170 cm³/mol. The zero-order valence-corrected chi connectivity index (χ0v) is 27.3. The number of nitrogens with one attached hydrogen (secondary N) is 2. The van der Waals surface area contributed by atoms with E-state index in [9.17, 15) is 28.2 Å². The highest BCUT2D eigenvalue weighted by molar-refractivity contribution is 7.92. The highest BCUT2D eigenvalue weighted by Crippen LogP contribution is 2.34. The van der Waals surface area contributed by atoms with Crippen molar-refractivity contribution < 1.29 is 28.2 Å². The second-order valence-corrected chi connectivity index (χ2v) is 16.7. The van der Waals surface area contributed by atoms with Crippen LogP contribution in [0.3, 0.4) is 0 Å². The highest BCUT2D eigenvalue weighted by atomic mass is 35.5. The first-order chi connectivity index (χ1) is 20.2. The molecule has 0 aromatic heterocycles. The standard InChI is InChI=1S/C33H49ClN2O6S/c1-5-10-29(37)30(38)27(19-22-11-7-6-8-12-22)35-32(40)28(20-23-15-16-23)36-31(39)25(21-43(41,42)33(2,3)4)17-24-13-9-14-26(34)18-24/h1,9,13-14,18,22-23,25,27-30,37-38H,6-8,10-12,15-17,19-21H2,2-4H3,(H,35,40)(H,36,39)/t25-,27+,28+,29+,30-/m1/s1. The molecule has 3 rings (SSSR count). The van der Waals surface area contributed by atoms with Crippen molar-refractivity contribution in [3.05, 3.63) is 34.9 Å². The van der Waals surface area contributed by atoms with E-state index in [0.717, 1.165) is 50.5 Å². The number of hydrogen-bond donors (Lipinski definition) is 4. The summed E-state index contributed by atoms with van der Waals surface area (Å²) in [6.07, 6.45) is 11.1. The topological polar surface area (TPSA) is 133 Å². The Morgan fingerprint density at radius 1 is 1.02 bits per heavy atom. The normalized spacial score (nSPS) is 19.8. The molecular weight excluding hydrogens is 588 g/mol. The lowest BCUT2D eigenvalue weighted by Gasteiger charge is -2.33. The summed E-state index contributed by atoms with van der Waals surface area (Å²) in [5, 5.41) is 27.8. The lowest BCUT2D eigenvalue weighted by molar-refractivity contribution is -0.132. The third-order valence-corrected chi connectivity index (χ3v) is 11.7. The van der Waals surface area contributed by atoms with Crippen molar-refractivity contribution >= 4 is 33.3 Å². The molecule has 2 amide bonds. The van der Waals surface area contributed by atoms with Gasteiger partial charge in [-0.1, -0.05) is 68.7 Å². The fourth-order valence-corrected chi connectivity index (χ4v) is 7.27. The van der Waals surface area contributed by atoms with E-state index in [1.165, 1.54) is 0 Å². The molecule has 0 saturated heterocycles. The Morgan fingerprint density at radius 2 is 1.67 bits per heavy atom.